The number of piperazine rings is 1. The monoisotopic (exact) mass is 459 g/mol. The Bertz CT molecular complexity index is 1030. The van der Waals surface area contributed by atoms with E-state index in [-0.39, 0.29) is 12.2 Å². The van der Waals surface area contributed by atoms with Crippen molar-refractivity contribution in [3.05, 3.63) is 84.2 Å². The molecule has 6 nitrogen and oxygen atoms in total. The number of carbonyl (C=O) groups excluding carboxylic acids is 1. The highest BCUT2D eigenvalue weighted by atomic mass is 16.5. The predicted octanol–water partition coefficient (Wildman–Crippen LogP) is 3.09. The number of ether oxygens (including phenoxy) is 1. The van der Waals surface area contributed by atoms with Crippen LogP contribution in [0.4, 0.5) is 0 Å². The fourth-order valence-corrected chi connectivity index (χ4v) is 4.06. The first-order chi connectivity index (χ1) is 16.6. The van der Waals surface area contributed by atoms with Gasteiger partial charge in [0, 0.05) is 56.6 Å². The molecule has 2 aromatic carbocycles. The maximum absolute atomic E-state index is 12.4. The maximum Gasteiger partial charge on any atom is 0.167 e. The Labute approximate surface area is 201 Å². The summed E-state index contributed by atoms with van der Waals surface area (Å²) < 4.78 is 5.92. The second kappa shape index (κ2) is 11.9. The Morgan fingerprint density at radius 3 is 2.35 bits per heavy atom. The zero-order chi connectivity index (χ0) is 23.8. The van der Waals surface area contributed by atoms with Crippen molar-refractivity contribution in [3.8, 4) is 16.9 Å². The van der Waals surface area contributed by atoms with E-state index in [9.17, 15) is 9.90 Å². The largest absolute Gasteiger partial charge is 0.492 e. The molecule has 1 atom stereocenters. The molecule has 0 aliphatic carbocycles. The molecule has 0 radical (unpaired) electrons. The number of hydrogen-bond acceptors (Lipinski definition) is 6. The number of benzene rings is 2. The summed E-state index contributed by atoms with van der Waals surface area (Å²) in [6, 6.07) is 21.4. The molecule has 1 fully saturated rings. The second-order valence-electron chi connectivity index (χ2n) is 8.90. The third-order valence-corrected chi connectivity index (χ3v) is 6.28. The molecule has 2 heterocycles. The minimum atomic E-state index is -1.02. The molecule has 0 saturated carbocycles. The van der Waals surface area contributed by atoms with Gasteiger partial charge in [-0.3, -0.25) is 14.7 Å². The van der Waals surface area contributed by atoms with E-state index in [0.717, 1.165) is 55.2 Å². The molecule has 1 unspecified atom stereocenters. The lowest BCUT2D eigenvalue weighted by molar-refractivity contribution is -0.126. The number of aliphatic hydroxyl groups excluding tert-OH is 1. The second-order valence-corrected chi connectivity index (χ2v) is 8.90. The van der Waals surface area contributed by atoms with Gasteiger partial charge in [-0.1, -0.05) is 48.5 Å². The minimum absolute atomic E-state index is 0.119. The zero-order valence-electron chi connectivity index (χ0n) is 19.8. The molecule has 1 N–H and O–H groups in total. The molecule has 0 spiro atoms. The van der Waals surface area contributed by atoms with Gasteiger partial charge in [0.05, 0.1) is 6.42 Å². The van der Waals surface area contributed by atoms with E-state index < -0.39 is 6.10 Å². The van der Waals surface area contributed by atoms with Crippen molar-refractivity contribution < 1.29 is 14.6 Å². The maximum atomic E-state index is 12.4. The number of pyridine rings is 1. The number of aromatic nitrogens is 1. The third-order valence-electron chi connectivity index (χ3n) is 6.28. The number of carbonyl (C=O) groups is 1. The highest BCUT2D eigenvalue weighted by Crippen LogP contribution is 2.22. The molecule has 1 aliphatic heterocycles. The van der Waals surface area contributed by atoms with Crippen LogP contribution in [0.1, 0.15) is 11.3 Å². The Morgan fingerprint density at radius 2 is 1.68 bits per heavy atom. The van der Waals surface area contributed by atoms with Crippen LogP contribution in [0.3, 0.4) is 0 Å². The van der Waals surface area contributed by atoms with Crippen LogP contribution in [0.15, 0.2) is 72.9 Å². The summed E-state index contributed by atoms with van der Waals surface area (Å²) in [7, 11) is 2.16. The summed E-state index contributed by atoms with van der Waals surface area (Å²) >= 11 is 0. The van der Waals surface area contributed by atoms with E-state index in [1.54, 1.807) is 6.20 Å². The van der Waals surface area contributed by atoms with Crippen molar-refractivity contribution in [1.29, 1.82) is 0 Å². The molecule has 178 valence electrons. The Kier molecular flexibility index (Phi) is 8.41. The van der Waals surface area contributed by atoms with E-state index in [1.165, 1.54) is 0 Å². The van der Waals surface area contributed by atoms with Gasteiger partial charge in [-0.2, -0.15) is 0 Å². The van der Waals surface area contributed by atoms with Gasteiger partial charge in [-0.15, -0.1) is 0 Å². The number of hydrogen-bond donors (Lipinski definition) is 1. The average Bonchev–Trinajstić information content (AvgIpc) is 2.87. The normalized spacial score (nSPS) is 15.7. The van der Waals surface area contributed by atoms with Gasteiger partial charge in [0.1, 0.15) is 18.5 Å². The SMILES string of the molecule is CN1CCN(CCOc2ccc(-c3ccc(CC(=O)C(O)Cc4ccccc4)nc3)cc2)CC1. The number of likely N-dealkylation sites (N-methyl/N-ethyl adjacent to an activating group) is 1. The van der Waals surface area contributed by atoms with Gasteiger partial charge in [0.25, 0.3) is 0 Å². The molecule has 34 heavy (non-hydrogen) atoms. The smallest absolute Gasteiger partial charge is 0.167 e. The van der Waals surface area contributed by atoms with Crippen molar-refractivity contribution >= 4 is 5.78 Å². The summed E-state index contributed by atoms with van der Waals surface area (Å²) in [5.74, 6) is 0.641. The zero-order valence-corrected chi connectivity index (χ0v) is 19.8. The molecular weight excluding hydrogens is 426 g/mol. The van der Waals surface area contributed by atoms with Crippen LogP contribution < -0.4 is 4.74 Å². The summed E-state index contributed by atoms with van der Waals surface area (Å²) in [6.45, 7) is 6.05. The predicted molar refractivity (Wildman–Crippen MR) is 134 cm³/mol. The molecule has 1 saturated heterocycles. The quantitative estimate of drug-likeness (QED) is 0.503. The van der Waals surface area contributed by atoms with E-state index in [0.29, 0.717) is 18.7 Å². The van der Waals surface area contributed by atoms with Crippen LogP contribution in [-0.2, 0) is 17.6 Å². The van der Waals surface area contributed by atoms with Crippen LogP contribution in [-0.4, -0.2) is 78.2 Å². The summed E-state index contributed by atoms with van der Waals surface area (Å²) in [5, 5.41) is 10.2. The molecule has 6 heteroatoms. The lowest BCUT2D eigenvalue weighted by Crippen LogP contribution is -2.45. The first kappa shape index (κ1) is 24.1. The molecule has 4 rings (SSSR count). The van der Waals surface area contributed by atoms with E-state index >= 15 is 0 Å². The molecule has 1 aliphatic rings. The van der Waals surface area contributed by atoms with Crippen molar-refractivity contribution in [1.82, 2.24) is 14.8 Å². The molecule has 3 aromatic rings. The lowest BCUT2D eigenvalue weighted by Gasteiger charge is -2.32. The van der Waals surface area contributed by atoms with Gasteiger partial charge in [-0.25, -0.2) is 0 Å². The molecule has 1 aromatic heterocycles. The van der Waals surface area contributed by atoms with Gasteiger partial charge >= 0.3 is 0 Å². The van der Waals surface area contributed by atoms with Gasteiger partial charge < -0.3 is 14.7 Å². The number of Topliss-reactive ketones (excluding diaryl/α,β-unsaturated/α-hetero) is 1. The van der Waals surface area contributed by atoms with Crippen LogP contribution in [0.2, 0.25) is 0 Å². The Hall–Kier alpha value is -3.06. The highest BCUT2D eigenvalue weighted by Gasteiger charge is 2.17. The Morgan fingerprint density at radius 1 is 0.971 bits per heavy atom. The molecule has 0 bridgehead atoms. The summed E-state index contributed by atoms with van der Waals surface area (Å²) in [5.41, 5.74) is 3.62. The van der Waals surface area contributed by atoms with Crippen LogP contribution in [0.25, 0.3) is 11.1 Å². The van der Waals surface area contributed by atoms with Crippen molar-refractivity contribution in [2.24, 2.45) is 0 Å². The fourth-order valence-electron chi connectivity index (χ4n) is 4.06. The van der Waals surface area contributed by atoms with Gasteiger partial charge in [0.15, 0.2) is 5.78 Å². The number of rotatable bonds is 10. The van der Waals surface area contributed by atoms with E-state index in [1.807, 2.05) is 66.7 Å². The van der Waals surface area contributed by atoms with Crippen LogP contribution in [0.5, 0.6) is 5.75 Å². The number of aliphatic hydroxyl groups is 1. The summed E-state index contributed by atoms with van der Waals surface area (Å²) in [6.07, 6.45) is 1.19. The van der Waals surface area contributed by atoms with Crippen molar-refractivity contribution in [2.45, 2.75) is 18.9 Å². The number of ketones is 1. The lowest BCUT2D eigenvalue weighted by atomic mass is 10.0. The fraction of sp³-hybridized carbons (Fsp3) is 0.357. The van der Waals surface area contributed by atoms with Crippen molar-refractivity contribution in [3.63, 3.8) is 0 Å². The van der Waals surface area contributed by atoms with Crippen LogP contribution in [0, 0.1) is 0 Å². The first-order valence-corrected chi connectivity index (χ1v) is 11.9. The average molecular weight is 460 g/mol. The topological polar surface area (TPSA) is 65.9 Å². The first-order valence-electron chi connectivity index (χ1n) is 11.9. The van der Waals surface area contributed by atoms with Gasteiger partial charge in [-0.05, 0) is 36.4 Å². The molecular formula is C28H33N3O3. The number of nitrogens with zero attached hydrogens (tertiary/aromatic N) is 3. The van der Waals surface area contributed by atoms with Gasteiger partial charge in [0.2, 0.25) is 0 Å². The minimum Gasteiger partial charge on any atom is -0.492 e. The van der Waals surface area contributed by atoms with E-state index in [2.05, 4.69) is 21.8 Å². The van der Waals surface area contributed by atoms with Crippen molar-refractivity contribution in [2.75, 3.05) is 46.4 Å². The third kappa shape index (κ3) is 6.97. The highest BCUT2D eigenvalue weighted by molar-refractivity contribution is 5.85. The van der Waals surface area contributed by atoms with Crippen LogP contribution >= 0.6 is 0 Å². The Balaban J connectivity index is 1.25. The van der Waals surface area contributed by atoms with E-state index in [4.69, 9.17) is 4.74 Å². The molecule has 0 amide bonds. The standard InChI is InChI=1S/C28H33N3O3/c1-30-13-15-31(16-14-30)17-18-34-26-11-8-23(9-12-26)24-7-10-25(29-21-24)20-28(33)27(32)19-22-5-3-2-4-6-22/h2-12,21,27,32H,13-20H2,1H3. The summed E-state index contributed by atoms with van der Waals surface area (Å²) in [4.78, 5) is 21.6.